The van der Waals surface area contributed by atoms with Crippen molar-refractivity contribution >= 4 is 34.5 Å². The van der Waals surface area contributed by atoms with E-state index in [1.54, 1.807) is 0 Å². The fraction of sp³-hybridized carbons (Fsp3) is 0.240. The maximum absolute atomic E-state index is 6.15. The Labute approximate surface area is 188 Å². The van der Waals surface area contributed by atoms with E-state index < -0.39 is 0 Å². The van der Waals surface area contributed by atoms with Gasteiger partial charge in [0.25, 0.3) is 0 Å². The second kappa shape index (κ2) is 9.50. The van der Waals surface area contributed by atoms with E-state index in [1.807, 2.05) is 36.4 Å². The standard InChI is InChI=1S/C25H25ClN2OS/c1-19-9-11-20(12-10-19)18-29-24-8-3-2-7-23(24)25(30)28-15-13-27(14-16-28)22-6-4-5-21(26)17-22/h2-12,17H,13-16,18H2,1H3. The van der Waals surface area contributed by atoms with Crippen LogP contribution in [0.15, 0.2) is 72.8 Å². The zero-order valence-corrected chi connectivity index (χ0v) is 18.6. The minimum absolute atomic E-state index is 0.530. The molecule has 154 valence electrons. The Balaban J connectivity index is 1.41. The number of benzene rings is 3. The molecule has 3 aromatic carbocycles. The van der Waals surface area contributed by atoms with E-state index in [0.717, 1.165) is 58.8 Å². The molecule has 1 aliphatic heterocycles. The lowest BCUT2D eigenvalue weighted by Gasteiger charge is -2.37. The zero-order valence-electron chi connectivity index (χ0n) is 17.1. The highest BCUT2D eigenvalue weighted by Crippen LogP contribution is 2.25. The molecular formula is C25H25ClN2OS. The molecule has 5 heteroatoms. The summed E-state index contributed by atoms with van der Waals surface area (Å²) in [5.74, 6) is 0.834. The predicted octanol–water partition coefficient (Wildman–Crippen LogP) is 5.73. The highest BCUT2D eigenvalue weighted by Gasteiger charge is 2.22. The number of hydrogen-bond acceptors (Lipinski definition) is 3. The number of aryl methyl sites for hydroxylation is 1. The van der Waals surface area contributed by atoms with Crippen molar-refractivity contribution < 1.29 is 4.74 Å². The van der Waals surface area contributed by atoms with Crippen LogP contribution in [0.3, 0.4) is 0 Å². The average molecular weight is 437 g/mol. The Morgan fingerprint density at radius 1 is 0.933 bits per heavy atom. The van der Waals surface area contributed by atoms with E-state index in [2.05, 4.69) is 53.1 Å². The van der Waals surface area contributed by atoms with Gasteiger partial charge in [-0.25, -0.2) is 0 Å². The van der Waals surface area contributed by atoms with Crippen LogP contribution >= 0.6 is 23.8 Å². The third kappa shape index (κ3) is 4.94. The van der Waals surface area contributed by atoms with Crippen LogP contribution < -0.4 is 9.64 Å². The van der Waals surface area contributed by atoms with Crippen LogP contribution in [0.5, 0.6) is 5.75 Å². The Morgan fingerprint density at radius 2 is 1.67 bits per heavy atom. The molecule has 3 aromatic rings. The molecule has 1 heterocycles. The molecule has 4 rings (SSSR count). The number of halogens is 1. The summed E-state index contributed by atoms with van der Waals surface area (Å²) in [4.78, 5) is 5.47. The monoisotopic (exact) mass is 436 g/mol. The van der Waals surface area contributed by atoms with Crippen LogP contribution in [-0.2, 0) is 6.61 Å². The van der Waals surface area contributed by atoms with Crippen molar-refractivity contribution in [2.45, 2.75) is 13.5 Å². The number of piperazine rings is 1. The topological polar surface area (TPSA) is 15.7 Å². The number of thiocarbonyl (C=S) groups is 1. The molecule has 0 bridgehead atoms. The normalized spacial score (nSPS) is 13.9. The SMILES string of the molecule is Cc1ccc(COc2ccccc2C(=S)N2CCN(c3cccc(Cl)c3)CC2)cc1. The summed E-state index contributed by atoms with van der Waals surface area (Å²) in [7, 11) is 0. The summed E-state index contributed by atoms with van der Waals surface area (Å²) in [6, 6.07) is 24.5. The Morgan fingerprint density at radius 3 is 2.40 bits per heavy atom. The molecular weight excluding hydrogens is 412 g/mol. The predicted molar refractivity (Wildman–Crippen MR) is 129 cm³/mol. The van der Waals surface area contributed by atoms with Crippen LogP contribution in [-0.4, -0.2) is 36.1 Å². The highest BCUT2D eigenvalue weighted by atomic mass is 35.5. The van der Waals surface area contributed by atoms with Gasteiger partial charge in [-0.3, -0.25) is 0 Å². The van der Waals surface area contributed by atoms with Crippen molar-refractivity contribution in [1.82, 2.24) is 4.90 Å². The largest absolute Gasteiger partial charge is 0.488 e. The van der Waals surface area contributed by atoms with E-state index in [-0.39, 0.29) is 0 Å². The van der Waals surface area contributed by atoms with E-state index in [1.165, 1.54) is 5.56 Å². The van der Waals surface area contributed by atoms with Crippen molar-refractivity contribution in [3.8, 4) is 5.75 Å². The highest BCUT2D eigenvalue weighted by molar-refractivity contribution is 7.80. The average Bonchev–Trinajstić information content (AvgIpc) is 2.78. The Bertz CT molecular complexity index is 1010. The molecule has 0 spiro atoms. The summed E-state index contributed by atoms with van der Waals surface area (Å²) in [6.45, 7) is 6.18. The van der Waals surface area contributed by atoms with E-state index in [9.17, 15) is 0 Å². The van der Waals surface area contributed by atoms with E-state index >= 15 is 0 Å². The summed E-state index contributed by atoms with van der Waals surface area (Å²) in [6.07, 6.45) is 0. The molecule has 1 fully saturated rings. The van der Waals surface area contributed by atoms with Crippen molar-refractivity contribution in [3.05, 3.63) is 94.5 Å². The second-order valence-electron chi connectivity index (χ2n) is 7.53. The molecule has 0 radical (unpaired) electrons. The molecule has 0 aliphatic carbocycles. The molecule has 0 N–H and O–H groups in total. The summed E-state index contributed by atoms with van der Waals surface area (Å²) < 4.78 is 6.14. The van der Waals surface area contributed by atoms with Crippen molar-refractivity contribution in [1.29, 1.82) is 0 Å². The smallest absolute Gasteiger partial charge is 0.130 e. The number of ether oxygens (including phenoxy) is 1. The quantitative estimate of drug-likeness (QED) is 0.475. The maximum Gasteiger partial charge on any atom is 0.130 e. The van der Waals surface area contributed by atoms with Gasteiger partial charge in [-0.15, -0.1) is 0 Å². The molecule has 30 heavy (non-hydrogen) atoms. The lowest BCUT2D eigenvalue weighted by molar-refractivity contribution is 0.304. The molecule has 0 atom stereocenters. The summed E-state index contributed by atoms with van der Waals surface area (Å²) in [5.41, 5.74) is 4.54. The van der Waals surface area contributed by atoms with Gasteiger partial charge in [0.1, 0.15) is 17.3 Å². The first-order valence-electron chi connectivity index (χ1n) is 10.2. The Hall–Kier alpha value is -2.56. The zero-order chi connectivity index (χ0) is 20.9. The first-order chi connectivity index (χ1) is 14.6. The van der Waals surface area contributed by atoms with Gasteiger partial charge < -0.3 is 14.5 Å². The number of hydrogen-bond donors (Lipinski definition) is 0. The Kier molecular flexibility index (Phi) is 6.56. The molecule has 3 nitrogen and oxygen atoms in total. The third-order valence-electron chi connectivity index (χ3n) is 5.37. The molecule has 0 saturated carbocycles. The van der Waals surface area contributed by atoms with Gasteiger partial charge in [0.15, 0.2) is 0 Å². The van der Waals surface area contributed by atoms with Crippen LogP contribution in [0.2, 0.25) is 5.02 Å². The van der Waals surface area contributed by atoms with Gasteiger partial charge >= 0.3 is 0 Å². The van der Waals surface area contributed by atoms with Crippen LogP contribution in [0.1, 0.15) is 16.7 Å². The number of para-hydroxylation sites is 1. The van der Waals surface area contributed by atoms with Gasteiger partial charge in [-0.05, 0) is 42.8 Å². The van der Waals surface area contributed by atoms with Crippen LogP contribution in [0.4, 0.5) is 5.69 Å². The second-order valence-corrected chi connectivity index (χ2v) is 8.35. The van der Waals surface area contributed by atoms with Gasteiger partial charge in [0.05, 0.1) is 5.56 Å². The fourth-order valence-corrected chi connectivity index (χ4v) is 4.16. The minimum atomic E-state index is 0.530. The van der Waals surface area contributed by atoms with E-state index in [4.69, 9.17) is 28.6 Å². The van der Waals surface area contributed by atoms with Gasteiger partial charge in [-0.1, -0.05) is 71.8 Å². The van der Waals surface area contributed by atoms with Crippen molar-refractivity contribution in [3.63, 3.8) is 0 Å². The maximum atomic E-state index is 6.15. The van der Waals surface area contributed by atoms with Gasteiger partial charge in [-0.2, -0.15) is 0 Å². The van der Waals surface area contributed by atoms with Crippen molar-refractivity contribution in [2.75, 3.05) is 31.1 Å². The summed E-state index contributed by atoms with van der Waals surface area (Å²) in [5, 5.41) is 0.769. The molecule has 0 unspecified atom stereocenters. The van der Waals surface area contributed by atoms with Gasteiger partial charge in [0.2, 0.25) is 0 Å². The van der Waals surface area contributed by atoms with E-state index in [0.29, 0.717) is 6.61 Å². The molecule has 0 aromatic heterocycles. The molecule has 1 saturated heterocycles. The number of nitrogens with zero attached hydrogens (tertiary/aromatic N) is 2. The fourth-order valence-electron chi connectivity index (χ4n) is 3.63. The first kappa shape index (κ1) is 20.7. The lowest BCUT2D eigenvalue weighted by Crippen LogP contribution is -2.48. The first-order valence-corrected chi connectivity index (χ1v) is 11.0. The van der Waals surface area contributed by atoms with Crippen molar-refractivity contribution in [2.24, 2.45) is 0 Å². The summed E-state index contributed by atoms with van der Waals surface area (Å²) >= 11 is 12.0. The number of rotatable bonds is 5. The number of anilines is 1. The minimum Gasteiger partial charge on any atom is -0.488 e. The van der Waals surface area contributed by atoms with Gasteiger partial charge in [0, 0.05) is 36.9 Å². The molecule has 0 amide bonds. The third-order valence-corrected chi connectivity index (χ3v) is 6.09. The van der Waals surface area contributed by atoms with Crippen LogP contribution in [0, 0.1) is 6.92 Å². The lowest BCUT2D eigenvalue weighted by atomic mass is 10.1. The van der Waals surface area contributed by atoms with Crippen LogP contribution in [0.25, 0.3) is 0 Å². The molecule has 1 aliphatic rings.